The maximum Gasteiger partial charge on any atom is 0.271 e. The zero-order valence-electron chi connectivity index (χ0n) is 14.8. The summed E-state index contributed by atoms with van der Waals surface area (Å²) in [6.07, 6.45) is 6.39. The van der Waals surface area contributed by atoms with Gasteiger partial charge in [0, 0.05) is 18.8 Å². The van der Waals surface area contributed by atoms with Gasteiger partial charge in [-0.25, -0.2) is 4.98 Å². The van der Waals surface area contributed by atoms with Gasteiger partial charge in [-0.1, -0.05) is 18.6 Å². The van der Waals surface area contributed by atoms with Gasteiger partial charge in [0.25, 0.3) is 5.91 Å². The molecule has 1 fully saturated rings. The van der Waals surface area contributed by atoms with Crippen LogP contribution in [0.5, 0.6) is 5.75 Å². The standard InChI is InChI=1S/C19H23N3O3S/c1-13(23)21-19-22-17(12-26-19)18(24)20-11-14-7-9-16(10-8-14)25-15-5-3-2-4-6-15/h7-10,12,15H,2-6,11H2,1H3,(H,20,24)(H,21,22,23). The van der Waals surface area contributed by atoms with Gasteiger partial charge in [-0.05, 0) is 43.4 Å². The first-order chi connectivity index (χ1) is 12.6. The summed E-state index contributed by atoms with van der Waals surface area (Å²) in [5, 5.41) is 7.45. The lowest BCUT2D eigenvalue weighted by Crippen LogP contribution is -2.23. The Kier molecular flexibility index (Phi) is 6.22. The van der Waals surface area contributed by atoms with Crippen molar-refractivity contribution in [2.45, 2.75) is 51.7 Å². The highest BCUT2D eigenvalue weighted by Crippen LogP contribution is 2.23. The Hall–Kier alpha value is -2.41. The molecule has 1 aromatic heterocycles. The van der Waals surface area contributed by atoms with E-state index in [-0.39, 0.29) is 11.8 Å². The molecule has 0 unspecified atom stereocenters. The van der Waals surface area contributed by atoms with Crippen LogP contribution in [-0.4, -0.2) is 22.9 Å². The molecule has 7 heteroatoms. The molecule has 2 amide bonds. The molecule has 1 heterocycles. The lowest BCUT2D eigenvalue weighted by molar-refractivity contribution is -0.114. The highest BCUT2D eigenvalue weighted by atomic mass is 32.1. The first-order valence-corrected chi connectivity index (χ1v) is 9.75. The van der Waals surface area contributed by atoms with Crippen molar-refractivity contribution in [2.24, 2.45) is 0 Å². The number of hydrogen-bond acceptors (Lipinski definition) is 5. The molecular formula is C19H23N3O3S. The highest BCUT2D eigenvalue weighted by Gasteiger charge is 2.15. The summed E-state index contributed by atoms with van der Waals surface area (Å²) in [4.78, 5) is 27.2. The van der Waals surface area contributed by atoms with Crippen LogP contribution in [0.1, 0.15) is 55.1 Å². The molecular weight excluding hydrogens is 350 g/mol. The topological polar surface area (TPSA) is 80.3 Å². The van der Waals surface area contributed by atoms with Crippen molar-refractivity contribution < 1.29 is 14.3 Å². The molecule has 0 spiro atoms. The summed E-state index contributed by atoms with van der Waals surface area (Å²) in [6, 6.07) is 7.83. The zero-order valence-corrected chi connectivity index (χ0v) is 15.6. The minimum atomic E-state index is -0.264. The molecule has 0 bridgehead atoms. The van der Waals surface area contributed by atoms with Crippen LogP contribution >= 0.6 is 11.3 Å². The molecule has 1 aliphatic rings. The van der Waals surface area contributed by atoms with Crippen LogP contribution < -0.4 is 15.4 Å². The number of carbonyl (C=O) groups is 2. The second kappa shape index (κ2) is 8.80. The number of ether oxygens (including phenoxy) is 1. The second-order valence-corrected chi connectivity index (χ2v) is 7.28. The fourth-order valence-corrected chi connectivity index (χ4v) is 3.66. The van der Waals surface area contributed by atoms with Crippen molar-refractivity contribution in [1.82, 2.24) is 10.3 Å². The fraction of sp³-hybridized carbons (Fsp3) is 0.421. The normalized spacial score (nSPS) is 14.7. The molecule has 1 saturated carbocycles. The zero-order chi connectivity index (χ0) is 18.4. The van der Waals surface area contributed by atoms with E-state index in [0.717, 1.165) is 24.2 Å². The molecule has 2 aromatic rings. The quantitative estimate of drug-likeness (QED) is 0.808. The molecule has 26 heavy (non-hydrogen) atoms. The molecule has 138 valence electrons. The Morgan fingerprint density at radius 3 is 2.62 bits per heavy atom. The third-order valence-corrected chi connectivity index (χ3v) is 5.01. The first-order valence-electron chi connectivity index (χ1n) is 8.87. The minimum Gasteiger partial charge on any atom is -0.490 e. The molecule has 0 saturated heterocycles. The van der Waals surface area contributed by atoms with Crippen molar-refractivity contribution in [1.29, 1.82) is 0 Å². The van der Waals surface area contributed by atoms with Crippen molar-refractivity contribution >= 4 is 28.3 Å². The molecule has 0 atom stereocenters. The maximum absolute atomic E-state index is 12.1. The minimum absolute atomic E-state index is 0.207. The van der Waals surface area contributed by atoms with Gasteiger partial charge >= 0.3 is 0 Å². The lowest BCUT2D eigenvalue weighted by Gasteiger charge is -2.23. The monoisotopic (exact) mass is 373 g/mol. The van der Waals surface area contributed by atoms with E-state index in [4.69, 9.17) is 4.74 Å². The number of aromatic nitrogens is 1. The number of thiazole rings is 1. The van der Waals surface area contributed by atoms with E-state index >= 15 is 0 Å². The van der Waals surface area contributed by atoms with Crippen molar-refractivity contribution in [3.8, 4) is 5.75 Å². The van der Waals surface area contributed by atoms with E-state index in [2.05, 4.69) is 15.6 Å². The third kappa shape index (κ3) is 5.29. The smallest absolute Gasteiger partial charge is 0.271 e. The molecule has 3 rings (SSSR count). The number of amides is 2. The van der Waals surface area contributed by atoms with Gasteiger partial charge in [0.15, 0.2) is 5.13 Å². The van der Waals surface area contributed by atoms with Crippen LogP contribution in [0.4, 0.5) is 5.13 Å². The van der Waals surface area contributed by atoms with Crippen LogP contribution in [0.3, 0.4) is 0 Å². The number of hydrogen-bond donors (Lipinski definition) is 2. The summed E-state index contributed by atoms with van der Waals surface area (Å²) in [5.74, 6) is 0.411. The van der Waals surface area contributed by atoms with Gasteiger partial charge in [0.05, 0.1) is 6.10 Å². The Morgan fingerprint density at radius 2 is 1.92 bits per heavy atom. The average molecular weight is 373 g/mol. The summed E-state index contributed by atoms with van der Waals surface area (Å²) in [6.45, 7) is 1.82. The Bertz CT molecular complexity index is 752. The third-order valence-electron chi connectivity index (χ3n) is 4.25. The fourth-order valence-electron chi connectivity index (χ4n) is 2.92. The summed E-state index contributed by atoms with van der Waals surface area (Å²) in [5.41, 5.74) is 1.29. The van der Waals surface area contributed by atoms with E-state index in [9.17, 15) is 9.59 Å². The number of benzene rings is 1. The molecule has 1 aliphatic carbocycles. The van der Waals surface area contributed by atoms with E-state index in [1.807, 2.05) is 24.3 Å². The largest absolute Gasteiger partial charge is 0.490 e. The van der Waals surface area contributed by atoms with Crippen LogP contribution in [0.2, 0.25) is 0 Å². The second-order valence-electron chi connectivity index (χ2n) is 6.42. The molecule has 0 radical (unpaired) electrons. The number of anilines is 1. The summed E-state index contributed by atoms with van der Waals surface area (Å²) >= 11 is 1.23. The van der Waals surface area contributed by atoms with E-state index in [0.29, 0.717) is 23.5 Å². The van der Waals surface area contributed by atoms with Crippen molar-refractivity contribution in [3.05, 3.63) is 40.9 Å². The molecule has 2 N–H and O–H groups in total. The Balaban J connectivity index is 1.48. The predicted octanol–water partition coefficient (Wildman–Crippen LogP) is 3.74. The molecule has 0 aliphatic heterocycles. The summed E-state index contributed by atoms with van der Waals surface area (Å²) in [7, 11) is 0. The number of carbonyl (C=O) groups excluding carboxylic acids is 2. The average Bonchev–Trinajstić information content (AvgIpc) is 3.09. The number of nitrogens with one attached hydrogen (secondary N) is 2. The summed E-state index contributed by atoms with van der Waals surface area (Å²) < 4.78 is 6.01. The predicted molar refractivity (Wildman–Crippen MR) is 102 cm³/mol. The Morgan fingerprint density at radius 1 is 1.19 bits per heavy atom. The van der Waals surface area contributed by atoms with Crippen LogP contribution in [0.15, 0.2) is 29.6 Å². The lowest BCUT2D eigenvalue weighted by atomic mass is 9.98. The van der Waals surface area contributed by atoms with Crippen molar-refractivity contribution in [2.75, 3.05) is 5.32 Å². The van der Waals surface area contributed by atoms with E-state index in [1.165, 1.54) is 37.5 Å². The Labute approximate surface area is 157 Å². The SMILES string of the molecule is CC(=O)Nc1nc(C(=O)NCc2ccc(OC3CCCCC3)cc2)cs1. The number of rotatable bonds is 6. The van der Waals surface area contributed by atoms with Gasteiger partial charge in [-0.3, -0.25) is 9.59 Å². The van der Waals surface area contributed by atoms with Gasteiger partial charge in [-0.15, -0.1) is 11.3 Å². The van der Waals surface area contributed by atoms with Crippen LogP contribution in [0, 0.1) is 0 Å². The van der Waals surface area contributed by atoms with Gasteiger partial charge in [0.2, 0.25) is 5.91 Å². The molecule has 6 nitrogen and oxygen atoms in total. The maximum atomic E-state index is 12.1. The highest BCUT2D eigenvalue weighted by molar-refractivity contribution is 7.14. The van der Waals surface area contributed by atoms with Crippen LogP contribution in [-0.2, 0) is 11.3 Å². The first kappa shape index (κ1) is 18.4. The number of nitrogens with zero attached hydrogens (tertiary/aromatic N) is 1. The van der Waals surface area contributed by atoms with Gasteiger partial charge in [-0.2, -0.15) is 0 Å². The van der Waals surface area contributed by atoms with E-state index < -0.39 is 0 Å². The van der Waals surface area contributed by atoms with Gasteiger partial charge < -0.3 is 15.4 Å². The molecule has 1 aromatic carbocycles. The van der Waals surface area contributed by atoms with Crippen molar-refractivity contribution in [3.63, 3.8) is 0 Å². The van der Waals surface area contributed by atoms with Gasteiger partial charge in [0.1, 0.15) is 11.4 Å². The van der Waals surface area contributed by atoms with E-state index in [1.54, 1.807) is 5.38 Å². The van der Waals surface area contributed by atoms with Crippen LogP contribution in [0.25, 0.3) is 0 Å².